The zero-order chi connectivity index (χ0) is 13.7. The van der Waals surface area contributed by atoms with Crippen LogP contribution in [-0.2, 0) is 4.74 Å². The summed E-state index contributed by atoms with van der Waals surface area (Å²) in [5, 5.41) is 10.7. The minimum Gasteiger partial charge on any atom is -0.491 e. The number of aliphatic hydroxyl groups excluding tert-OH is 1. The van der Waals surface area contributed by atoms with Crippen molar-refractivity contribution >= 4 is 11.6 Å². The van der Waals surface area contributed by atoms with Crippen molar-refractivity contribution in [2.45, 2.75) is 13.0 Å². The van der Waals surface area contributed by atoms with Gasteiger partial charge >= 0.3 is 0 Å². The molecule has 1 atom stereocenters. The first kappa shape index (κ1) is 14.6. The second-order valence-corrected chi connectivity index (χ2v) is 5.35. The molecule has 1 heterocycles. The first-order valence-electron chi connectivity index (χ1n) is 6.63. The molecule has 1 aromatic carbocycles. The molecule has 4 nitrogen and oxygen atoms in total. The average Bonchev–Trinajstić information content (AvgIpc) is 2.41. The Bertz CT molecular complexity index is 408. The normalized spacial score (nSPS) is 18.3. The van der Waals surface area contributed by atoms with Crippen LogP contribution in [0.1, 0.15) is 5.56 Å². The van der Waals surface area contributed by atoms with Gasteiger partial charge in [-0.25, -0.2) is 0 Å². The summed E-state index contributed by atoms with van der Waals surface area (Å²) in [5.74, 6) is 0.748. The average molecular weight is 287 g/mol. The number of aryl methyl sites for hydroxylation is 1. The fourth-order valence-electron chi connectivity index (χ4n) is 2.16. The Hall–Kier alpha value is -0.810. The highest BCUT2D eigenvalue weighted by atomic mass is 35.5. The van der Waals surface area contributed by atoms with Crippen LogP contribution in [0.2, 0.25) is 5.02 Å². The molecule has 1 fully saturated rings. The molecule has 0 unspecified atom stereocenters. The summed E-state index contributed by atoms with van der Waals surface area (Å²) in [5.41, 5.74) is 0.979. The molecule has 1 aromatic rings. The third-order valence-corrected chi connectivity index (χ3v) is 3.72. The number of morpholine rings is 1. The van der Waals surface area contributed by atoms with Crippen LogP contribution >= 0.6 is 11.6 Å². The maximum Gasteiger partial charge on any atom is 0.137 e. The Morgan fingerprint density at radius 2 is 2.16 bits per heavy atom. The highest BCUT2D eigenvalue weighted by molar-refractivity contribution is 6.31. The molecule has 0 aliphatic carbocycles. The molecular formula is C14H21ClNO3+. The molecule has 0 amide bonds. The van der Waals surface area contributed by atoms with Crippen LogP contribution in [0, 0.1) is 6.92 Å². The van der Waals surface area contributed by atoms with Crippen LogP contribution in [0.5, 0.6) is 5.75 Å². The molecule has 0 bridgehead atoms. The summed E-state index contributed by atoms with van der Waals surface area (Å²) in [4.78, 5) is 1.37. The number of hydrogen-bond acceptors (Lipinski definition) is 3. The van der Waals surface area contributed by atoms with Crippen LogP contribution in [0.25, 0.3) is 0 Å². The summed E-state index contributed by atoms with van der Waals surface area (Å²) < 4.78 is 10.9. The van der Waals surface area contributed by atoms with Crippen LogP contribution in [-0.4, -0.2) is 50.7 Å². The van der Waals surface area contributed by atoms with Crippen LogP contribution in [0.4, 0.5) is 0 Å². The topological polar surface area (TPSA) is 43.1 Å². The summed E-state index contributed by atoms with van der Waals surface area (Å²) in [6.07, 6.45) is -0.455. The van der Waals surface area contributed by atoms with Crippen LogP contribution < -0.4 is 9.64 Å². The minimum absolute atomic E-state index is 0.311. The highest BCUT2D eigenvalue weighted by Gasteiger charge is 2.18. The van der Waals surface area contributed by atoms with E-state index in [0.29, 0.717) is 13.2 Å². The van der Waals surface area contributed by atoms with Gasteiger partial charge in [-0.05, 0) is 30.7 Å². The predicted octanol–water partition coefficient (Wildman–Crippen LogP) is 0.303. The highest BCUT2D eigenvalue weighted by Crippen LogP contribution is 2.20. The zero-order valence-electron chi connectivity index (χ0n) is 11.2. The number of aliphatic hydroxyl groups is 1. The molecule has 106 valence electrons. The smallest absolute Gasteiger partial charge is 0.137 e. The maximum atomic E-state index is 9.97. The lowest BCUT2D eigenvalue weighted by Gasteiger charge is -2.25. The molecule has 19 heavy (non-hydrogen) atoms. The quantitative estimate of drug-likeness (QED) is 0.818. The van der Waals surface area contributed by atoms with Crippen molar-refractivity contribution in [3.8, 4) is 5.75 Å². The van der Waals surface area contributed by atoms with Crippen molar-refractivity contribution < 1.29 is 19.5 Å². The van der Waals surface area contributed by atoms with Gasteiger partial charge < -0.3 is 19.5 Å². The number of ether oxygens (including phenoxy) is 2. The first-order valence-corrected chi connectivity index (χ1v) is 7.01. The fourth-order valence-corrected chi connectivity index (χ4v) is 2.27. The Morgan fingerprint density at radius 3 is 2.84 bits per heavy atom. The second-order valence-electron chi connectivity index (χ2n) is 4.94. The lowest BCUT2D eigenvalue weighted by atomic mass is 10.2. The Balaban J connectivity index is 1.75. The van der Waals surface area contributed by atoms with E-state index in [9.17, 15) is 5.11 Å². The number of hydrogen-bond donors (Lipinski definition) is 2. The van der Waals surface area contributed by atoms with E-state index in [1.165, 1.54) is 4.90 Å². The number of rotatable bonds is 5. The Morgan fingerprint density at radius 1 is 1.42 bits per heavy atom. The number of benzene rings is 1. The van der Waals surface area contributed by atoms with E-state index in [-0.39, 0.29) is 0 Å². The van der Waals surface area contributed by atoms with Gasteiger partial charge in [-0.3, -0.25) is 0 Å². The fraction of sp³-hybridized carbons (Fsp3) is 0.571. The van der Waals surface area contributed by atoms with Gasteiger partial charge in [0.2, 0.25) is 0 Å². The minimum atomic E-state index is -0.455. The van der Waals surface area contributed by atoms with Crippen molar-refractivity contribution in [2.75, 3.05) is 39.5 Å². The van der Waals surface area contributed by atoms with Crippen LogP contribution in [0.3, 0.4) is 0 Å². The molecule has 1 aliphatic rings. The summed E-state index contributed by atoms with van der Waals surface area (Å²) in [6, 6.07) is 5.52. The van der Waals surface area contributed by atoms with Gasteiger partial charge in [0.1, 0.15) is 38.1 Å². The predicted molar refractivity (Wildman–Crippen MR) is 74.1 cm³/mol. The lowest BCUT2D eigenvalue weighted by Crippen LogP contribution is -3.15. The molecule has 0 radical (unpaired) electrons. The zero-order valence-corrected chi connectivity index (χ0v) is 11.9. The maximum absolute atomic E-state index is 9.97. The van der Waals surface area contributed by atoms with Crippen LogP contribution in [0.15, 0.2) is 18.2 Å². The largest absolute Gasteiger partial charge is 0.491 e. The van der Waals surface area contributed by atoms with Crippen molar-refractivity contribution in [3.05, 3.63) is 28.8 Å². The lowest BCUT2D eigenvalue weighted by molar-refractivity contribution is -0.911. The number of halogens is 1. The van der Waals surface area contributed by atoms with E-state index in [4.69, 9.17) is 21.1 Å². The second kappa shape index (κ2) is 7.10. The Labute approximate surface area is 118 Å². The van der Waals surface area contributed by atoms with E-state index in [1.54, 1.807) is 0 Å². The van der Waals surface area contributed by atoms with E-state index in [0.717, 1.165) is 42.6 Å². The molecule has 2 N–H and O–H groups in total. The summed E-state index contributed by atoms with van der Waals surface area (Å²) in [7, 11) is 0. The van der Waals surface area contributed by atoms with Crippen molar-refractivity contribution in [1.82, 2.24) is 0 Å². The molecule has 1 saturated heterocycles. The SMILES string of the molecule is Cc1cc(OC[C@@H](O)C[NH+]2CCOCC2)ccc1Cl. The van der Waals surface area contributed by atoms with Gasteiger partial charge in [-0.15, -0.1) is 0 Å². The van der Waals surface area contributed by atoms with Gasteiger partial charge in [-0.1, -0.05) is 11.6 Å². The number of nitrogens with one attached hydrogen (secondary N) is 1. The van der Waals surface area contributed by atoms with E-state index < -0.39 is 6.10 Å². The summed E-state index contributed by atoms with van der Waals surface area (Å²) in [6.45, 7) is 6.41. The van der Waals surface area contributed by atoms with E-state index in [2.05, 4.69) is 0 Å². The van der Waals surface area contributed by atoms with Gasteiger partial charge in [0.25, 0.3) is 0 Å². The van der Waals surface area contributed by atoms with Crippen molar-refractivity contribution in [2.24, 2.45) is 0 Å². The monoisotopic (exact) mass is 286 g/mol. The van der Waals surface area contributed by atoms with E-state index >= 15 is 0 Å². The molecule has 5 heteroatoms. The standard InChI is InChI=1S/C14H20ClNO3/c1-11-8-13(2-3-14(11)15)19-10-12(17)9-16-4-6-18-7-5-16/h2-3,8,12,17H,4-7,9-10H2,1H3/p+1/t12-/m0/s1. The van der Waals surface area contributed by atoms with Crippen molar-refractivity contribution in [3.63, 3.8) is 0 Å². The van der Waals surface area contributed by atoms with E-state index in [1.807, 2.05) is 25.1 Å². The molecule has 1 aliphatic heterocycles. The molecule has 0 saturated carbocycles. The first-order chi connectivity index (χ1) is 9.15. The molecule has 0 aromatic heterocycles. The third kappa shape index (κ3) is 4.66. The molecular weight excluding hydrogens is 266 g/mol. The molecule has 2 rings (SSSR count). The molecule has 0 spiro atoms. The third-order valence-electron chi connectivity index (χ3n) is 3.30. The Kier molecular flexibility index (Phi) is 5.45. The van der Waals surface area contributed by atoms with Gasteiger partial charge in [0, 0.05) is 5.02 Å². The summed E-state index contributed by atoms with van der Waals surface area (Å²) >= 11 is 5.95. The van der Waals surface area contributed by atoms with Gasteiger partial charge in [0.05, 0.1) is 13.2 Å². The van der Waals surface area contributed by atoms with Crippen molar-refractivity contribution in [1.29, 1.82) is 0 Å². The van der Waals surface area contributed by atoms with Gasteiger partial charge in [-0.2, -0.15) is 0 Å². The van der Waals surface area contributed by atoms with Gasteiger partial charge in [0.15, 0.2) is 0 Å². The number of quaternary nitrogens is 1.